The van der Waals surface area contributed by atoms with Gasteiger partial charge in [-0.15, -0.1) is 0 Å². The second-order valence-corrected chi connectivity index (χ2v) is 5.93. The molecular weight excluding hydrogens is 307 g/mol. The lowest BCUT2D eigenvalue weighted by Gasteiger charge is -2.31. The molecule has 2 aromatic rings. The van der Waals surface area contributed by atoms with Crippen molar-refractivity contribution in [1.29, 1.82) is 0 Å². The lowest BCUT2D eigenvalue weighted by atomic mass is 10.1. The van der Waals surface area contributed by atoms with Crippen molar-refractivity contribution in [3.8, 4) is 5.75 Å². The van der Waals surface area contributed by atoms with Gasteiger partial charge in [0.15, 0.2) is 0 Å². The third-order valence-electron chi connectivity index (χ3n) is 4.10. The average molecular weight is 328 g/mol. The van der Waals surface area contributed by atoms with Crippen LogP contribution in [0.3, 0.4) is 0 Å². The van der Waals surface area contributed by atoms with Crippen LogP contribution in [0.15, 0.2) is 54.6 Å². The minimum Gasteiger partial charge on any atom is -0.490 e. The summed E-state index contributed by atoms with van der Waals surface area (Å²) in [4.78, 5) is 14.1. The van der Waals surface area contributed by atoms with Crippen LogP contribution in [0.1, 0.15) is 12.8 Å². The molecule has 2 aromatic carbocycles. The van der Waals surface area contributed by atoms with E-state index in [-0.39, 0.29) is 24.2 Å². The van der Waals surface area contributed by atoms with E-state index in [4.69, 9.17) is 4.74 Å². The topological polar surface area (TPSA) is 41.6 Å². The molecule has 24 heavy (non-hydrogen) atoms. The molecule has 1 aliphatic rings. The Kier molecular flexibility index (Phi) is 5.43. The summed E-state index contributed by atoms with van der Waals surface area (Å²) in [6, 6.07) is 16.0. The third kappa shape index (κ3) is 4.55. The summed E-state index contributed by atoms with van der Waals surface area (Å²) < 4.78 is 19.5. The van der Waals surface area contributed by atoms with Crippen LogP contribution in [-0.2, 0) is 4.79 Å². The molecule has 0 unspecified atom stereocenters. The van der Waals surface area contributed by atoms with Gasteiger partial charge in [-0.1, -0.05) is 30.3 Å². The van der Waals surface area contributed by atoms with Gasteiger partial charge >= 0.3 is 0 Å². The number of benzene rings is 2. The lowest BCUT2D eigenvalue weighted by molar-refractivity contribution is -0.117. The number of carbonyl (C=O) groups is 1. The van der Waals surface area contributed by atoms with Gasteiger partial charge in [0.25, 0.3) is 0 Å². The van der Waals surface area contributed by atoms with Crippen molar-refractivity contribution in [2.24, 2.45) is 0 Å². The van der Waals surface area contributed by atoms with Crippen LogP contribution in [0.2, 0.25) is 0 Å². The number of nitrogens with zero attached hydrogens (tertiary/aromatic N) is 1. The van der Waals surface area contributed by atoms with Gasteiger partial charge < -0.3 is 10.1 Å². The summed E-state index contributed by atoms with van der Waals surface area (Å²) in [5.74, 6) is 0.275. The molecule has 0 radical (unpaired) electrons. The maximum absolute atomic E-state index is 13.5. The predicted octanol–water partition coefficient (Wildman–Crippen LogP) is 3.31. The van der Waals surface area contributed by atoms with Crippen LogP contribution < -0.4 is 10.1 Å². The maximum Gasteiger partial charge on any atom is 0.238 e. The fraction of sp³-hybridized carbons (Fsp3) is 0.316. The number of ether oxygens (including phenoxy) is 1. The predicted molar refractivity (Wildman–Crippen MR) is 91.6 cm³/mol. The second-order valence-electron chi connectivity index (χ2n) is 5.93. The highest BCUT2D eigenvalue weighted by Crippen LogP contribution is 2.19. The molecule has 1 saturated heterocycles. The molecule has 1 aliphatic heterocycles. The van der Waals surface area contributed by atoms with Crippen molar-refractivity contribution < 1.29 is 13.9 Å². The largest absolute Gasteiger partial charge is 0.490 e. The van der Waals surface area contributed by atoms with Gasteiger partial charge in [0.2, 0.25) is 5.91 Å². The number of carbonyl (C=O) groups excluding carboxylic acids is 1. The molecular formula is C19H21FN2O2. The zero-order valence-electron chi connectivity index (χ0n) is 13.5. The molecule has 0 aromatic heterocycles. The Morgan fingerprint density at radius 1 is 1.08 bits per heavy atom. The molecule has 3 rings (SSSR count). The summed E-state index contributed by atoms with van der Waals surface area (Å²) in [6.07, 6.45) is 1.93. The van der Waals surface area contributed by atoms with Crippen LogP contribution >= 0.6 is 0 Å². The number of para-hydroxylation sites is 2. The Morgan fingerprint density at radius 2 is 1.75 bits per heavy atom. The minimum atomic E-state index is -0.416. The molecule has 1 heterocycles. The van der Waals surface area contributed by atoms with Crippen LogP contribution in [0.25, 0.3) is 0 Å². The molecule has 126 valence electrons. The summed E-state index contributed by atoms with van der Waals surface area (Å²) in [5.41, 5.74) is 0.227. The van der Waals surface area contributed by atoms with Gasteiger partial charge in [-0.3, -0.25) is 9.69 Å². The van der Waals surface area contributed by atoms with Gasteiger partial charge in [-0.05, 0) is 37.1 Å². The smallest absolute Gasteiger partial charge is 0.238 e. The lowest BCUT2D eigenvalue weighted by Crippen LogP contribution is -2.42. The molecule has 0 bridgehead atoms. The number of hydrogen-bond acceptors (Lipinski definition) is 3. The van der Waals surface area contributed by atoms with E-state index in [2.05, 4.69) is 10.2 Å². The first-order chi connectivity index (χ1) is 11.7. The SMILES string of the molecule is O=C(CN1CCC(Oc2ccccc2)CC1)Nc1ccccc1F. The van der Waals surface area contributed by atoms with Crippen molar-refractivity contribution in [2.75, 3.05) is 25.0 Å². The van der Waals surface area contributed by atoms with Crippen molar-refractivity contribution >= 4 is 11.6 Å². The van der Waals surface area contributed by atoms with Gasteiger partial charge in [-0.2, -0.15) is 0 Å². The highest BCUT2D eigenvalue weighted by molar-refractivity contribution is 5.92. The Balaban J connectivity index is 1.43. The van der Waals surface area contributed by atoms with Crippen LogP contribution in [0, 0.1) is 5.82 Å². The van der Waals surface area contributed by atoms with E-state index in [0.29, 0.717) is 0 Å². The number of piperidine rings is 1. The number of halogens is 1. The molecule has 1 fully saturated rings. The fourth-order valence-electron chi connectivity index (χ4n) is 2.83. The first kappa shape index (κ1) is 16.5. The number of amides is 1. The summed E-state index contributed by atoms with van der Waals surface area (Å²) in [5, 5.41) is 2.62. The number of rotatable bonds is 5. The fourth-order valence-corrected chi connectivity index (χ4v) is 2.83. The zero-order valence-corrected chi connectivity index (χ0v) is 13.5. The highest BCUT2D eigenvalue weighted by Gasteiger charge is 2.22. The molecule has 4 nitrogen and oxygen atoms in total. The molecule has 0 atom stereocenters. The molecule has 1 N–H and O–H groups in total. The second kappa shape index (κ2) is 7.93. The maximum atomic E-state index is 13.5. The van der Waals surface area contributed by atoms with Gasteiger partial charge in [0, 0.05) is 13.1 Å². The first-order valence-corrected chi connectivity index (χ1v) is 8.19. The van der Waals surface area contributed by atoms with Crippen molar-refractivity contribution in [3.05, 3.63) is 60.4 Å². The van der Waals surface area contributed by atoms with Crippen LogP contribution in [0.5, 0.6) is 5.75 Å². The normalized spacial score (nSPS) is 15.9. The minimum absolute atomic E-state index is 0.179. The number of hydrogen-bond donors (Lipinski definition) is 1. The van der Waals surface area contributed by atoms with Gasteiger partial charge in [-0.25, -0.2) is 4.39 Å². The quantitative estimate of drug-likeness (QED) is 0.915. The standard InChI is InChI=1S/C19H21FN2O2/c20-17-8-4-5-9-18(17)21-19(23)14-22-12-10-16(11-13-22)24-15-6-2-1-3-7-15/h1-9,16H,10-14H2,(H,21,23). The third-order valence-corrected chi connectivity index (χ3v) is 4.10. The summed E-state index contributed by atoms with van der Waals surface area (Å²) in [7, 11) is 0. The van der Waals surface area contributed by atoms with Crippen molar-refractivity contribution in [2.45, 2.75) is 18.9 Å². The number of likely N-dealkylation sites (tertiary alicyclic amines) is 1. The van der Waals surface area contributed by atoms with Crippen molar-refractivity contribution in [1.82, 2.24) is 4.90 Å². The Morgan fingerprint density at radius 3 is 2.46 bits per heavy atom. The average Bonchev–Trinajstić information content (AvgIpc) is 2.60. The van der Waals surface area contributed by atoms with Gasteiger partial charge in [0.1, 0.15) is 17.7 Å². The zero-order chi connectivity index (χ0) is 16.8. The number of nitrogens with one attached hydrogen (secondary N) is 1. The van der Waals surface area contributed by atoms with Crippen molar-refractivity contribution in [3.63, 3.8) is 0 Å². The Bertz CT molecular complexity index is 670. The molecule has 1 amide bonds. The Labute approximate surface area is 141 Å². The van der Waals surface area contributed by atoms with E-state index in [1.54, 1.807) is 18.2 Å². The van der Waals surface area contributed by atoms with E-state index in [1.165, 1.54) is 6.07 Å². The summed E-state index contributed by atoms with van der Waals surface area (Å²) in [6.45, 7) is 1.86. The molecule has 0 spiro atoms. The molecule has 0 aliphatic carbocycles. The van der Waals surface area contributed by atoms with E-state index >= 15 is 0 Å². The van der Waals surface area contributed by atoms with E-state index < -0.39 is 5.82 Å². The van der Waals surface area contributed by atoms with Crippen LogP contribution in [0.4, 0.5) is 10.1 Å². The van der Waals surface area contributed by atoms with Gasteiger partial charge in [0.05, 0.1) is 12.2 Å². The van der Waals surface area contributed by atoms with E-state index in [0.717, 1.165) is 31.7 Å². The van der Waals surface area contributed by atoms with Crippen LogP contribution in [-0.4, -0.2) is 36.5 Å². The highest BCUT2D eigenvalue weighted by atomic mass is 19.1. The summed E-state index contributed by atoms with van der Waals surface area (Å²) >= 11 is 0. The monoisotopic (exact) mass is 328 g/mol. The Hall–Kier alpha value is -2.40. The number of anilines is 1. The molecule has 0 saturated carbocycles. The van der Waals surface area contributed by atoms with E-state index in [9.17, 15) is 9.18 Å². The van der Waals surface area contributed by atoms with E-state index in [1.807, 2.05) is 30.3 Å². The molecule has 5 heteroatoms. The first-order valence-electron chi connectivity index (χ1n) is 8.19.